The first-order chi connectivity index (χ1) is 14.0. The van der Waals surface area contributed by atoms with Crippen molar-refractivity contribution in [1.29, 1.82) is 0 Å². The number of halogens is 1. The number of hydrogen-bond acceptors (Lipinski definition) is 3. The summed E-state index contributed by atoms with van der Waals surface area (Å²) >= 11 is 6.15. The molecule has 0 aliphatic carbocycles. The maximum Gasteiger partial charge on any atom is 0.226 e. The van der Waals surface area contributed by atoms with Crippen LogP contribution in [0.4, 0.5) is 5.69 Å². The molecule has 0 aliphatic heterocycles. The van der Waals surface area contributed by atoms with Crippen molar-refractivity contribution >= 4 is 29.2 Å². The van der Waals surface area contributed by atoms with Crippen molar-refractivity contribution in [3.05, 3.63) is 64.7 Å². The normalized spacial score (nSPS) is 12.3. The number of aliphatic imine (C=N–C) groups is 1. The summed E-state index contributed by atoms with van der Waals surface area (Å²) in [6.07, 6.45) is 0.275. The molecule has 0 heterocycles. The van der Waals surface area contributed by atoms with E-state index in [2.05, 4.69) is 20.9 Å². The first kappa shape index (κ1) is 22.7. The molecule has 0 bridgehead atoms. The van der Waals surface area contributed by atoms with Gasteiger partial charge in [0.15, 0.2) is 5.96 Å². The molecule has 2 aromatic rings. The highest BCUT2D eigenvalue weighted by Crippen LogP contribution is 2.22. The van der Waals surface area contributed by atoms with Crippen molar-refractivity contribution in [1.82, 2.24) is 10.6 Å². The Hall–Kier alpha value is -2.57. The number of aliphatic hydroxyl groups is 1. The van der Waals surface area contributed by atoms with Crippen LogP contribution in [-0.2, 0) is 4.79 Å². The molecule has 0 radical (unpaired) electrons. The lowest BCUT2D eigenvalue weighted by Crippen LogP contribution is -2.39. The van der Waals surface area contributed by atoms with Gasteiger partial charge in [0.2, 0.25) is 5.91 Å². The summed E-state index contributed by atoms with van der Waals surface area (Å²) in [5.74, 6) is 0.415. The molecule has 2 aromatic carbocycles. The average Bonchev–Trinajstić information content (AvgIpc) is 2.71. The Bertz CT molecular complexity index is 812. The number of benzene rings is 2. The fourth-order valence-electron chi connectivity index (χ4n) is 2.77. The lowest BCUT2D eigenvalue weighted by molar-refractivity contribution is -0.116. The zero-order valence-corrected chi connectivity index (χ0v) is 17.7. The van der Waals surface area contributed by atoms with Crippen molar-refractivity contribution in [2.75, 3.05) is 31.6 Å². The molecule has 4 N–H and O–H groups in total. The molecule has 0 saturated carbocycles. The minimum atomic E-state index is -0.128. The van der Waals surface area contributed by atoms with Crippen molar-refractivity contribution in [3.8, 4) is 0 Å². The topological polar surface area (TPSA) is 85.8 Å². The van der Waals surface area contributed by atoms with Gasteiger partial charge in [-0.2, -0.15) is 0 Å². The molecule has 29 heavy (non-hydrogen) atoms. The van der Waals surface area contributed by atoms with E-state index in [9.17, 15) is 9.90 Å². The Morgan fingerprint density at radius 3 is 2.59 bits per heavy atom. The van der Waals surface area contributed by atoms with Gasteiger partial charge in [-0.15, -0.1) is 0 Å². The second-order valence-corrected chi connectivity index (χ2v) is 7.13. The predicted molar refractivity (Wildman–Crippen MR) is 120 cm³/mol. The maximum absolute atomic E-state index is 12.2. The monoisotopic (exact) mass is 416 g/mol. The van der Waals surface area contributed by atoms with Crippen LogP contribution in [0.3, 0.4) is 0 Å². The van der Waals surface area contributed by atoms with E-state index in [-0.39, 0.29) is 24.9 Å². The second-order valence-electron chi connectivity index (χ2n) is 6.72. The van der Waals surface area contributed by atoms with E-state index < -0.39 is 0 Å². The van der Waals surface area contributed by atoms with Crippen LogP contribution in [0, 0.1) is 6.92 Å². The first-order valence-electron chi connectivity index (χ1n) is 9.77. The standard InChI is InChI=1S/C22H29ClN4O2/c1-3-24-22(26-14-18(15-28)17-7-5-4-6-8-17)25-12-11-21(29)27-20-10-9-16(2)13-19(20)23/h4-10,13,18,28H,3,11-12,14-15H2,1-2H3,(H,27,29)(H2,24,25,26). The van der Waals surface area contributed by atoms with E-state index in [1.807, 2.05) is 56.3 Å². The maximum atomic E-state index is 12.2. The van der Waals surface area contributed by atoms with E-state index in [1.165, 1.54) is 0 Å². The molecule has 0 spiro atoms. The van der Waals surface area contributed by atoms with E-state index in [0.717, 1.165) is 11.1 Å². The van der Waals surface area contributed by atoms with Crippen LogP contribution in [0.15, 0.2) is 53.5 Å². The number of amides is 1. The number of aliphatic hydroxyl groups excluding tert-OH is 1. The van der Waals surface area contributed by atoms with E-state index in [1.54, 1.807) is 6.07 Å². The SMILES string of the molecule is CCNC(=NCC(CO)c1ccccc1)NCCC(=O)Nc1ccc(C)cc1Cl. The third-order valence-electron chi connectivity index (χ3n) is 4.35. The molecule has 0 aromatic heterocycles. The summed E-state index contributed by atoms with van der Waals surface area (Å²) < 4.78 is 0. The number of rotatable bonds is 9. The molecule has 2 rings (SSSR count). The minimum absolute atomic E-state index is 0.0205. The van der Waals surface area contributed by atoms with Crippen LogP contribution in [0.1, 0.15) is 30.4 Å². The van der Waals surface area contributed by atoms with E-state index in [0.29, 0.717) is 36.3 Å². The third-order valence-corrected chi connectivity index (χ3v) is 4.66. The lowest BCUT2D eigenvalue weighted by Gasteiger charge is -2.15. The molecule has 156 valence electrons. The van der Waals surface area contributed by atoms with Gasteiger partial charge in [0.05, 0.1) is 23.9 Å². The van der Waals surface area contributed by atoms with Crippen molar-refractivity contribution in [3.63, 3.8) is 0 Å². The zero-order chi connectivity index (χ0) is 21.1. The fourth-order valence-corrected chi connectivity index (χ4v) is 3.05. The van der Waals surface area contributed by atoms with Gasteiger partial charge in [-0.05, 0) is 37.1 Å². The molecule has 6 nitrogen and oxygen atoms in total. The van der Waals surface area contributed by atoms with Gasteiger partial charge in [0, 0.05) is 25.4 Å². The number of hydrogen-bond donors (Lipinski definition) is 4. The number of aryl methyl sites for hydroxylation is 1. The highest BCUT2D eigenvalue weighted by molar-refractivity contribution is 6.33. The minimum Gasteiger partial charge on any atom is -0.396 e. The molecule has 1 unspecified atom stereocenters. The molecule has 1 amide bonds. The van der Waals surface area contributed by atoms with Crippen molar-refractivity contribution < 1.29 is 9.90 Å². The Kier molecular flexibility index (Phi) is 9.47. The number of carbonyl (C=O) groups is 1. The first-order valence-corrected chi connectivity index (χ1v) is 10.1. The van der Waals surface area contributed by atoms with E-state index >= 15 is 0 Å². The molecular weight excluding hydrogens is 388 g/mol. The fraction of sp³-hybridized carbons (Fsp3) is 0.364. The van der Waals surface area contributed by atoms with Crippen LogP contribution in [0.25, 0.3) is 0 Å². The van der Waals surface area contributed by atoms with Gasteiger partial charge in [-0.1, -0.05) is 48.0 Å². The van der Waals surface area contributed by atoms with Gasteiger partial charge >= 0.3 is 0 Å². The van der Waals surface area contributed by atoms with Gasteiger partial charge in [-0.3, -0.25) is 9.79 Å². The van der Waals surface area contributed by atoms with Crippen LogP contribution >= 0.6 is 11.6 Å². The second kappa shape index (κ2) is 12.1. The number of nitrogens with zero attached hydrogens (tertiary/aromatic N) is 1. The molecule has 0 saturated heterocycles. The number of guanidine groups is 1. The summed E-state index contributed by atoms with van der Waals surface area (Å²) in [7, 11) is 0. The summed E-state index contributed by atoms with van der Waals surface area (Å²) in [6, 6.07) is 15.3. The lowest BCUT2D eigenvalue weighted by atomic mass is 10.0. The van der Waals surface area contributed by atoms with Crippen molar-refractivity contribution in [2.45, 2.75) is 26.2 Å². The summed E-state index contributed by atoms with van der Waals surface area (Å²) in [4.78, 5) is 16.7. The van der Waals surface area contributed by atoms with Gasteiger partial charge in [0.1, 0.15) is 0 Å². The highest BCUT2D eigenvalue weighted by atomic mass is 35.5. The Labute approximate surface area is 177 Å². The average molecular weight is 417 g/mol. The number of anilines is 1. The van der Waals surface area contributed by atoms with Crippen molar-refractivity contribution in [2.24, 2.45) is 4.99 Å². The van der Waals surface area contributed by atoms with Crippen LogP contribution in [0.5, 0.6) is 0 Å². The summed E-state index contributed by atoms with van der Waals surface area (Å²) in [6.45, 7) is 5.52. The molecule has 0 fully saturated rings. The molecule has 0 aliphatic rings. The largest absolute Gasteiger partial charge is 0.396 e. The van der Waals surface area contributed by atoms with Crippen LogP contribution < -0.4 is 16.0 Å². The Morgan fingerprint density at radius 2 is 1.93 bits per heavy atom. The highest BCUT2D eigenvalue weighted by Gasteiger charge is 2.10. The number of carbonyl (C=O) groups excluding carboxylic acids is 1. The van der Waals surface area contributed by atoms with E-state index in [4.69, 9.17) is 11.6 Å². The molecule has 7 heteroatoms. The zero-order valence-electron chi connectivity index (χ0n) is 16.9. The van der Waals surface area contributed by atoms with Gasteiger partial charge in [0.25, 0.3) is 0 Å². The van der Waals surface area contributed by atoms with Crippen LogP contribution in [0.2, 0.25) is 5.02 Å². The Morgan fingerprint density at radius 1 is 1.17 bits per heavy atom. The molecule has 1 atom stereocenters. The molecular formula is C22H29ClN4O2. The Balaban J connectivity index is 1.86. The predicted octanol–water partition coefficient (Wildman–Crippen LogP) is 3.31. The summed E-state index contributed by atoms with van der Waals surface area (Å²) in [5.41, 5.74) is 2.69. The van der Waals surface area contributed by atoms with Crippen LogP contribution in [-0.4, -0.2) is 43.2 Å². The smallest absolute Gasteiger partial charge is 0.226 e. The number of nitrogens with one attached hydrogen (secondary N) is 3. The van der Waals surface area contributed by atoms with Gasteiger partial charge < -0.3 is 21.1 Å². The quantitative estimate of drug-likeness (QED) is 0.373. The van der Waals surface area contributed by atoms with Gasteiger partial charge in [-0.25, -0.2) is 0 Å². The summed E-state index contributed by atoms with van der Waals surface area (Å²) in [5, 5.41) is 19.3. The third kappa shape index (κ3) is 7.75.